The molecule has 0 saturated heterocycles. The van der Waals surface area contributed by atoms with Gasteiger partial charge in [-0.25, -0.2) is 0 Å². The van der Waals surface area contributed by atoms with E-state index in [-0.39, 0.29) is 5.41 Å². The number of para-hydroxylation sites is 1. The number of hydrogen-bond donors (Lipinski definition) is 1. The van der Waals surface area contributed by atoms with Crippen molar-refractivity contribution in [3.05, 3.63) is 47.0 Å². The number of ether oxygens (including phenoxy) is 2. The standard InChI is InChI=1S/C23H30N2O2/c1-5-16-12-18-20(13-19(16)24-6-2)25(11-10-23(18,3)4)14-17-8-7-9-21-22(17)27-15-26-21/h7-9,12-13,24H,5-6,10-11,14-15H2,1-4H3. The Morgan fingerprint density at radius 2 is 1.96 bits per heavy atom. The van der Waals surface area contributed by atoms with Crippen molar-refractivity contribution >= 4 is 11.4 Å². The van der Waals surface area contributed by atoms with Gasteiger partial charge in [-0.05, 0) is 48.4 Å². The maximum Gasteiger partial charge on any atom is 0.231 e. The van der Waals surface area contributed by atoms with Gasteiger partial charge < -0.3 is 19.7 Å². The number of nitrogens with zero attached hydrogens (tertiary/aromatic N) is 1. The van der Waals surface area contributed by atoms with Crippen LogP contribution < -0.4 is 19.7 Å². The molecule has 144 valence electrons. The normalized spacial score (nSPS) is 17.0. The lowest BCUT2D eigenvalue weighted by molar-refractivity contribution is 0.173. The van der Waals surface area contributed by atoms with Gasteiger partial charge in [0.25, 0.3) is 0 Å². The number of nitrogens with one attached hydrogen (secondary N) is 1. The first-order valence-electron chi connectivity index (χ1n) is 10.1. The first-order valence-corrected chi connectivity index (χ1v) is 10.1. The summed E-state index contributed by atoms with van der Waals surface area (Å²) in [5, 5.41) is 3.56. The van der Waals surface area contributed by atoms with Crippen LogP contribution in [0.25, 0.3) is 0 Å². The van der Waals surface area contributed by atoms with Crippen molar-refractivity contribution in [1.29, 1.82) is 0 Å². The van der Waals surface area contributed by atoms with Crippen molar-refractivity contribution in [2.45, 2.75) is 52.5 Å². The molecule has 0 amide bonds. The van der Waals surface area contributed by atoms with E-state index in [1.807, 2.05) is 6.07 Å². The second-order valence-electron chi connectivity index (χ2n) is 8.12. The van der Waals surface area contributed by atoms with E-state index < -0.39 is 0 Å². The fraction of sp³-hybridized carbons (Fsp3) is 0.478. The first kappa shape index (κ1) is 18.0. The van der Waals surface area contributed by atoms with E-state index in [0.717, 1.165) is 44.0 Å². The molecule has 4 heteroatoms. The fourth-order valence-electron chi connectivity index (χ4n) is 4.24. The van der Waals surface area contributed by atoms with Gasteiger partial charge >= 0.3 is 0 Å². The summed E-state index contributed by atoms with van der Waals surface area (Å²) in [6.07, 6.45) is 2.19. The Bertz CT molecular complexity index is 845. The second kappa shape index (κ2) is 6.99. The summed E-state index contributed by atoms with van der Waals surface area (Å²) in [6, 6.07) is 11.0. The van der Waals surface area contributed by atoms with Gasteiger partial charge in [0, 0.05) is 36.6 Å². The lowest BCUT2D eigenvalue weighted by Gasteiger charge is -2.41. The molecule has 27 heavy (non-hydrogen) atoms. The van der Waals surface area contributed by atoms with E-state index in [1.165, 1.54) is 28.1 Å². The van der Waals surface area contributed by atoms with Gasteiger partial charge in [-0.2, -0.15) is 0 Å². The highest BCUT2D eigenvalue weighted by Crippen LogP contribution is 2.44. The molecule has 1 N–H and O–H groups in total. The van der Waals surface area contributed by atoms with Crippen LogP contribution in [0.15, 0.2) is 30.3 Å². The Labute approximate surface area is 162 Å². The molecule has 0 saturated carbocycles. The molecule has 4 nitrogen and oxygen atoms in total. The molecule has 2 aromatic carbocycles. The van der Waals surface area contributed by atoms with E-state index in [0.29, 0.717) is 6.79 Å². The quantitative estimate of drug-likeness (QED) is 0.798. The Balaban J connectivity index is 1.74. The Kier molecular flexibility index (Phi) is 4.67. The average molecular weight is 367 g/mol. The van der Waals surface area contributed by atoms with Gasteiger partial charge in [0.05, 0.1) is 0 Å². The van der Waals surface area contributed by atoms with Gasteiger partial charge in [0.1, 0.15) is 0 Å². The van der Waals surface area contributed by atoms with Crippen LogP contribution in [0.4, 0.5) is 11.4 Å². The summed E-state index contributed by atoms with van der Waals surface area (Å²) in [5.41, 5.74) is 6.86. The number of rotatable bonds is 5. The smallest absolute Gasteiger partial charge is 0.231 e. The van der Waals surface area contributed by atoms with Crippen LogP contribution in [-0.4, -0.2) is 19.9 Å². The third-order valence-corrected chi connectivity index (χ3v) is 5.89. The van der Waals surface area contributed by atoms with Crippen LogP contribution in [0.5, 0.6) is 11.5 Å². The molecule has 0 bridgehead atoms. The van der Waals surface area contributed by atoms with Crippen LogP contribution in [0, 0.1) is 0 Å². The molecule has 0 unspecified atom stereocenters. The summed E-state index contributed by atoms with van der Waals surface area (Å²) in [4.78, 5) is 2.50. The second-order valence-corrected chi connectivity index (χ2v) is 8.12. The van der Waals surface area contributed by atoms with E-state index in [1.54, 1.807) is 0 Å². The predicted octanol–water partition coefficient (Wildman–Crippen LogP) is 5.10. The molecule has 2 aromatic rings. The zero-order chi connectivity index (χ0) is 19.0. The van der Waals surface area contributed by atoms with Crippen LogP contribution >= 0.6 is 0 Å². The minimum absolute atomic E-state index is 0.193. The molecular formula is C23H30N2O2. The van der Waals surface area contributed by atoms with E-state index in [2.05, 4.69) is 62.2 Å². The molecule has 2 aliphatic heterocycles. The first-order chi connectivity index (χ1) is 13.0. The third kappa shape index (κ3) is 3.22. The van der Waals surface area contributed by atoms with Gasteiger partial charge in [0.15, 0.2) is 11.5 Å². The Hall–Kier alpha value is -2.36. The minimum atomic E-state index is 0.193. The molecule has 2 heterocycles. The number of benzene rings is 2. The topological polar surface area (TPSA) is 33.7 Å². The molecule has 0 spiro atoms. The summed E-state index contributed by atoms with van der Waals surface area (Å²) < 4.78 is 11.3. The maximum absolute atomic E-state index is 5.74. The van der Waals surface area contributed by atoms with Crippen molar-refractivity contribution in [2.24, 2.45) is 0 Å². The summed E-state index contributed by atoms with van der Waals surface area (Å²) in [7, 11) is 0. The average Bonchev–Trinajstić information content (AvgIpc) is 3.14. The maximum atomic E-state index is 5.74. The Morgan fingerprint density at radius 3 is 2.74 bits per heavy atom. The molecule has 2 aliphatic rings. The highest BCUT2D eigenvalue weighted by Gasteiger charge is 2.33. The lowest BCUT2D eigenvalue weighted by atomic mass is 9.76. The monoisotopic (exact) mass is 366 g/mol. The van der Waals surface area contributed by atoms with Crippen LogP contribution in [0.1, 0.15) is 50.8 Å². The largest absolute Gasteiger partial charge is 0.454 e. The van der Waals surface area contributed by atoms with Crippen molar-refractivity contribution in [3.63, 3.8) is 0 Å². The number of anilines is 2. The zero-order valence-corrected chi connectivity index (χ0v) is 16.9. The van der Waals surface area contributed by atoms with E-state index >= 15 is 0 Å². The number of aryl methyl sites for hydroxylation is 1. The minimum Gasteiger partial charge on any atom is -0.454 e. The van der Waals surface area contributed by atoms with Gasteiger partial charge in [-0.1, -0.05) is 39.0 Å². The van der Waals surface area contributed by atoms with Gasteiger partial charge in [-0.3, -0.25) is 0 Å². The molecule has 0 aliphatic carbocycles. The number of hydrogen-bond acceptors (Lipinski definition) is 4. The van der Waals surface area contributed by atoms with E-state index in [4.69, 9.17) is 9.47 Å². The van der Waals surface area contributed by atoms with Crippen molar-refractivity contribution in [3.8, 4) is 11.5 Å². The highest BCUT2D eigenvalue weighted by molar-refractivity contribution is 5.70. The van der Waals surface area contributed by atoms with Crippen LogP contribution in [-0.2, 0) is 18.4 Å². The summed E-state index contributed by atoms with van der Waals surface area (Å²) in [6.45, 7) is 12.3. The molecule has 0 atom stereocenters. The Morgan fingerprint density at radius 1 is 1.11 bits per heavy atom. The lowest BCUT2D eigenvalue weighted by Crippen LogP contribution is -2.37. The van der Waals surface area contributed by atoms with Crippen molar-refractivity contribution in [2.75, 3.05) is 30.1 Å². The molecule has 0 aromatic heterocycles. The van der Waals surface area contributed by atoms with Gasteiger partial charge in [0.2, 0.25) is 6.79 Å². The summed E-state index contributed by atoms with van der Waals surface area (Å²) >= 11 is 0. The van der Waals surface area contributed by atoms with Gasteiger partial charge in [-0.15, -0.1) is 0 Å². The zero-order valence-electron chi connectivity index (χ0n) is 16.9. The molecule has 0 fully saturated rings. The van der Waals surface area contributed by atoms with Crippen LogP contribution in [0.2, 0.25) is 0 Å². The van der Waals surface area contributed by atoms with Crippen molar-refractivity contribution < 1.29 is 9.47 Å². The van der Waals surface area contributed by atoms with Crippen molar-refractivity contribution in [1.82, 2.24) is 0 Å². The molecule has 0 radical (unpaired) electrons. The molecular weight excluding hydrogens is 336 g/mol. The summed E-state index contributed by atoms with van der Waals surface area (Å²) in [5.74, 6) is 1.76. The SMILES string of the molecule is CCNc1cc2c(cc1CC)C(C)(C)CCN2Cc1cccc2c1OCO2. The third-order valence-electron chi connectivity index (χ3n) is 5.89. The van der Waals surface area contributed by atoms with E-state index in [9.17, 15) is 0 Å². The number of fused-ring (bicyclic) bond motifs is 2. The highest BCUT2D eigenvalue weighted by atomic mass is 16.7. The predicted molar refractivity (Wildman–Crippen MR) is 111 cm³/mol. The van der Waals surface area contributed by atoms with Crippen LogP contribution in [0.3, 0.4) is 0 Å². The fourth-order valence-corrected chi connectivity index (χ4v) is 4.24. The molecule has 4 rings (SSSR count).